The fraction of sp³-hybridized carbons (Fsp3) is 0.333. The number of amides is 1. The Labute approximate surface area is 132 Å². The molecule has 0 unspecified atom stereocenters. The molecular weight excluding hydrogens is 300 g/mol. The van der Waals surface area contributed by atoms with Crippen molar-refractivity contribution in [1.29, 1.82) is 0 Å². The van der Waals surface area contributed by atoms with Crippen LogP contribution in [0.2, 0.25) is 0 Å². The summed E-state index contributed by atoms with van der Waals surface area (Å²) in [6, 6.07) is 7.25. The first-order chi connectivity index (χ1) is 11.1. The van der Waals surface area contributed by atoms with Crippen molar-refractivity contribution in [2.24, 2.45) is 5.16 Å². The van der Waals surface area contributed by atoms with Gasteiger partial charge < -0.3 is 19.7 Å². The quantitative estimate of drug-likeness (QED) is 0.511. The molecule has 1 atom stereocenters. The highest BCUT2D eigenvalue weighted by atomic mass is 16.5. The Balaban J connectivity index is 1.76. The molecule has 1 aliphatic heterocycles. The highest BCUT2D eigenvalue weighted by Gasteiger charge is 2.31. The molecule has 2 heterocycles. The van der Waals surface area contributed by atoms with Gasteiger partial charge in [-0.15, -0.1) is 0 Å². The Morgan fingerprint density at radius 2 is 2.13 bits per heavy atom. The Bertz CT molecular complexity index is 738. The molecule has 8 heteroatoms. The molecule has 1 aromatic heterocycles. The maximum absolute atomic E-state index is 10.9. The van der Waals surface area contributed by atoms with E-state index in [0.29, 0.717) is 36.9 Å². The lowest BCUT2D eigenvalue weighted by molar-refractivity contribution is 0.154. The monoisotopic (exact) mass is 316 g/mol. The lowest BCUT2D eigenvalue weighted by Gasteiger charge is -2.09. The number of carboxylic acid groups (broad SMARTS) is 1. The smallest absolute Gasteiger partial charge is 0.407 e. The molecule has 0 bridgehead atoms. The van der Waals surface area contributed by atoms with Gasteiger partial charge >= 0.3 is 6.09 Å². The molecule has 0 aliphatic carbocycles. The van der Waals surface area contributed by atoms with Crippen LogP contribution in [0.1, 0.15) is 30.7 Å². The van der Waals surface area contributed by atoms with Crippen LogP contribution in [0.5, 0.6) is 0 Å². The molecule has 120 valence electrons. The Kier molecular flexibility index (Phi) is 3.96. The molecule has 1 aromatic carbocycles. The minimum absolute atomic E-state index is 0.0598. The zero-order valence-electron chi connectivity index (χ0n) is 12.5. The first kappa shape index (κ1) is 15.0. The third-order valence-electron chi connectivity index (χ3n) is 3.96. The standard InChI is InChI=1S/C15H16N4O4/c1-9(17-22)10-2-4-11(5-3-10)13-16-14(23-18-13)12-6-7-19(8-12)15(20)21/h2-5,12,22H,6-8H2,1H3,(H,20,21)/t12-/m1/s1. The number of aromatic nitrogens is 2. The summed E-state index contributed by atoms with van der Waals surface area (Å²) in [5, 5.41) is 24.9. The summed E-state index contributed by atoms with van der Waals surface area (Å²) in [5.41, 5.74) is 2.10. The van der Waals surface area contributed by atoms with Crippen molar-refractivity contribution in [3.63, 3.8) is 0 Å². The van der Waals surface area contributed by atoms with Crippen molar-refractivity contribution < 1.29 is 19.6 Å². The molecule has 8 nitrogen and oxygen atoms in total. The molecule has 0 spiro atoms. The van der Waals surface area contributed by atoms with Gasteiger partial charge in [0.2, 0.25) is 11.7 Å². The van der Waals surface area contributed by atoms with E-state index in [0.717, 1.165) is 11.1 Å². The first-order valence-electron chi connectivity index (χ1n) is 7.19. The molecule has 2 aromatic rings. The lowest BCUT2D eigenvalue weighted by Crippen LogP contribution is -2.26. The third-order valence-corrected chi connectivity index (χ3v) is 3.96. The molecule has 1 aliphatic rings. The van der Waals surface area contributed by atoms with Crippen LogP contribution >= 0.6 is 0 Å². The Hall–Kier alpha value is -2.90. The molecule has 0 saturated carbocycles. The van der Waals surface area contributed by atoms with Crippen molar-refractivity contribution in [2.75, 3.05) is 13.1 Å². The lowest BCUT2D eigenvalue weighted by atomic mass is 10.1. The van der Waals surface area contributed by atoms with E-state index in [9.17, 15) is 4.79 Å². The second kappa shape index (κ2) is 6.07. The van der Waals surface area contributed by atoms with Crippen molar-refractivity contribution in [3.8, 4) is 11.4 Å². The topological polar surface area (TPSA) is 112 Å². The van der Waals surface area contributed by atoms with Gasteiger partial charge in [0, 0.05) is 18.7 Å². The number of likely N-dealkylation sites (tertiary alicyclic amines) is 1. The average Bonchev–Trinajstić information content (AvgIpc) is 3.23. The van der Waals surface area contributed by atoms with Crippen molar-refractivity contribution in [2.45, 2.75) is 19.3 Å². The van der Waals surface area contributed by atoms with Gasteiger partial charge in [-0.2, -0.15) is 4.98 Å². The predicted octanol–water partition coefficient (Wildman–Crippen LogP) is 2.40. The molecule has 23 heavy (non-hydrogen) atoms. The van der Waals surface area contributed by atoms with Gasteiger partial charge in [0.25, 0.3) is 0 Å². The van der Waals surface area contributed by atoms with Crippen molar-refractivity contribution >= 4 is 11.8 Å². The second-order valence-corrected chi connectivity index (χ2v) is 5.43. The molecule has 2 N–H and O–H groups in total. The Morgan fingerprint density at radius 1 is 1.39 bits per heavy atom. The largest absolute Gasteiger partial charge is 0.465 e. The molecule has 1 saturated heterocycles. The maximum atomic E-state index is 10.9. The normalized spacial score (nSPS) is 18.4. The van der Waals surface area contributed by atoms with E-state index in [4.69, 9.17) is 14.8 Å². The van der Waals surface area contributed by atoms with Crippen LogP contribution in [0.4, 0.5) is 4.79 Å². The summed E-state index contributed by atoms with van der Waals surface area (Å²) < 4.78 is 5.29. The highest BCUT2D eigenvalue weighted by molar-refractivity contribution is 5.98. The van der Waals surface area contributed by atoms with Crippen LogP contribution in [0.3, 0.4) is 0 Å². The number of rotatable bonds is 3. The van der Waals surface area contributed by atoms with Gasteiger partial charge in [-0.3, -0.25) is 0 Å². The van der Waals surface area contributed by atoms with Gasteiger partial charge in [0.15, 0.2) is 0 Å². The number of hydrogen-bond acceptors (Lipinski definition) is 6. The second-order valence-electron chi connectivity index (χ2n) is 5.43. The Morgan fingerprint density at radius 3 is 2.74 bits per heavy atom. The van der Waals surface area contributed by atoms with E-state index < -0.39 is 6.09 Å². The molecule has 1 amide bonds. The highest BCUT2D eigenvalue weighted by Crippen LogP contribution is 2.27. The maximum Gasteiger partial charge on any atom is 0.407 e. The van der Waals surface area contributed by atoms with Crippen LogP contribution < -0.4 is 0 Å². The van der Waals surface area contributed by atoms with E-state index >= 15 is 0 Å². The fourth-order valence-electron chi connectivity index (χ4n) is 2.57. The summed E-state index contributed by atoms with van der Waals surface area (Å²) in [4.78, 5) is 16.7. The first-order valence-corrected chi connectivity index (χ1v) is 7.19. The van der Waals surface area contributed by atoms with E-state index in [1.54, 1.807) is 6.92 Å². The van der Waals surface area contributed by atoms with E-state index in [1.165, 1.54) is 4.90 Å². The SMILES string of the molecule is CC(=NO)c1ccc(-c2noc([C@@H]3CCN(C(=O)O)C3)n2)cc1. The van der Waals surface area contributed by atoms with Gasteiger partial charge in [-0.1, -0.05) is 34.6 Å². The predicted molar refractivity (Wildman–Crippen MR) is 80.7 cm³/mol. The minimum atomic E-state index is -0.927. The molecular formula is C15H16N4O4. The molecule has 3 rings (SSSR count). The average molecular weight is 316 g/mol. The van der Waals surface area contributed by atoms with Crippen molar-refractivity contribution in [1.82, 2.24) is 15.0 Å². The molecule has 0 radical (unpaired) electrons. The number of carbonyl (C=O) groups is 1. The van der Waals surface area contributed by atoms with E-state index in [2.05, 4.69) is 15.3 Å². The number of benzene rings is 1. The van der Waals surface area contributed by atoms with Gasteiger partial charge in [0.1, 0.15) is 0 Å². The van der Waals surface area contributed by atoms with E-state index in [1.807, 2.05) is 24.3 Å². The zero-order chi connectivity index (χ0) is 16.4. The van der Waals surface area contributed by atoms with Gasteiger partial charge in [-0.05, 0) is 18.9 Å². The third kappa shape index (κ3) is 3.01. The number of nitrogens with zero attached hydrogens (tertiary/aromatic N) is 4. The fourth-order valence-corrected chi connectivity index (χ4v) is 2.57. The van der Waals surface area contributed by atoms with Crippen LogP contribution in [0.25, 0.3) is 11.4 Å². The summed E-state index contributed by atoms with van der Waals surface area (Å²) in [6.07, 6.45) is -0.247. The summed E-state index contributed by atoms with van der Waals surface area (Å²) in [5.74, 6) is 0.857. The van der Waals surface area contributed by atoms with Crippen LogP contribution in [-0.2, 0) is 0 Å². The summed E-state index contributed by atoms with van der Waals surface area (Å²) in [7, 11) is 0. The van der Waals surface area contributed by atoms with Crippen molar-refractivity contribution in [3.05, 3.63) is 35.7 Å². The van der Waals surface area contributed by atoms with Gasteiger partial charge in [0.05, 0.1) is 11.6 Å². The van der Waals surface area contributed by atoms with Crippen LogP contribution in [0.15, 0.2) is 33.9 Å². The zero-order valence-corrected chi connectivity index (χ0v) is 12.5. The van der Waals surface area contributed by atoms with E-state index in [-0.39, 0.29) is 5.92 Å². The van der Waals surface area contributed by atoms with Crippen LogP contribution in [-0.4, -0.2) is 50.2 Å². The number of hydrogen-bond donors (Lipinski definition) is 2. The number of oxime groups is 1. The minimum Gasteiger partial charge on any atom is -0.465 e. The van der Waals surface area contributed by atoms with Crippen LogP contribution in [0, 0.1) is 0 Å². The summed E-state index contributed by atoms with van der Waals surface area (Å²) in [6.45, 7) is 2.56. The summed E-state index contributed by atoms with van der Waals surface area (Å²) >= 11 is 0. The van der Waals surface area contributed by atoms with Gasteiger partial charge in [-0.25, -0.2) is 4.79 Å². The molecule has 1 fully saturated rings.